The molecule has 0 radical (unpaired) electrons. The van der Waals surface area contributed by atoms with Gasteiger partial charge in [-0.3, -0.25) is 0 Å². The van der Waals surface area contributed by atoms with E-state index in [1.165, 1.54) is 11.1 Å². The molecule has 2 heteroatoms. The Balaban J connectivity index is 2.97. The highest BCUT2D eigenvalue weighted by Crippen LogP contribution is 2.30. The highest BCUT2D eigenvalue weighted by molar-refractivity contribution is 5.39. The molecule has 0 saturated heterocycles. The van der Waals surface area contributed by atoms with Crippen molar-refractivity contribution in [1.29, 1.82) is 0 Å². The number of hydrogen-bond acceptors (Lipinski definition) is 2. The Morgan fingerprint density at radius 1 is 1.62 bits per heavy atom. The fourth-order valence-electron chi connectivity index (χ4n) is 1.71. The molecule has 72 valence electrons. The molecule has 1 heterocycles. The minimum absolute atomic E-state index is 0.526. The van der Waals surface area contributed by atoms with Crippen LogP contribution in [0.4, 0.5) is 0 Å². The van der Waals surface area contributed by atoms with Crippen LogP contribution in [0.2, 0.25) is 0 Å². The quantitative estimate of drug-likeness (QED) is 0.610. The molecule has 0 atom stereocenters. The summed E-state index contributed by atoms with van der Waals surface area (Å²) in [5.74, 6) is 1.25. The summed E-state index contributed by atoms with van der Waals surface area (Å²) < 4.78 is 5.36. The van der Waals surface area contributed by atoms with Crippen molar-refractivity contribution in [2.75, 3.05) is 6.61 Å². The highest BCUT2D eigenvalue weighted by atomic mass is 16.5. The molecular formula is C11H17NO. The minimum Gasteiger partial charge on any atom is -0.477 e. The molecule has 0 aliphatic carbocycles. The fraction of sp³-hybridized carbons (Fsp3) is 0.545. The third-order valence-electron chi connectivity index (χ3n) is 2.27. The average molecular weight is 179 g/mol. The van der Waals surface area contributed by atoms with E-state index in [0.717, 1.165) is 18.9 Å². The molecule has 0 aromatic carbocycles. The molecule has 1 aliphatic heterocycles. The van der Waals surface area contributed by atoms with Gasteiger partial charge in [-0.25, -0.2) is 4.99 Å². The van der Waals surface area contributed by atoms with Gasteiger partial charge in [-0.05, 0) is 25.1 Å². The van der Waals surface area contributed by atoms with E-state index in [-0.39, 0.29) is 0 Å². The van der Waals surface area contributed by atoms with Gasteiger partial charge in [0.2, 0.25) is 5.88 Å². The summed E-state index contributed by atoms with van der Waals surface area (Å²) in [7, 11) is 0. The Labute approximate surface area is 80.0 Å². The van der Waals surface area contributed by atoms with Gasteiger partial charge in [0.15, 0.2) is 0 Å². The highest BCUT2D eigenvalue weighted by Gasteiger charge is 2.19. The standard InChI is InChI=1S/C11H17NO/c1-5-9(8(2)3)10-6-7-13-11(10)12-4/h5,8H,4,6-7H2,1-3H3/b9-5-. The zero-order chi connectivity index (χ0) is 9.84. The van der Waals surface area contributed by atoms with E-state index in [1.54, 1.807) is 0 Å². The van der Waals surface area contributed by atoms with Gasteiger partial charge in [0.05, 0.1) is 6.61 Å². The number of aliphatic imine (C=N–C) groups is 1. The summed E-state index contributed by atoms with van der Waals surface area (Å²) in [6.45, 7) is 10.7. The molecule has 0 N–H and O–H groups in total. The number of ether oxygens (including phenoxy) is 1. The van der Waals surface area contributed by atoms with Crippen LogP contribution in [0.5, 0.6) is 0 Å². The Kier molecular flexibility index (Phi) is 3.29. The molecule has 0 spiro atoms. The Bertz CT molecular complexity index is 261. The normalized spacial score (nSPS) is 18.0. The Morgan fingerprint density at radius 3 is 2.77 bits per heavy atom. The van der Waals surface area contributed by atoms with Crippen molar-refractivity contribution in [3.8, 4) is 0 Å². The summed E-state index contributed by atoms with van der Waals surface area (Å²) >= 11 is 0. The van der Waals surface area contributed by atoms with Crippen molar-refractivity contribution >= 4 is 6.72 Å². The average Bonchev–Trinajstić information content (AvgIpc) is 2.53. The number of nitrogens with zero attached hydrogens (tertiary/aromatic N) is 1. The molecular weight excluding hydrogens is 162 g/mol. The maximum Gasteiger partial charge on any atom is 0.216 e. The maximum absolute atomic E-state index is 5.36. The van der Waals surface area contributed by atoms with Gasteiger partial charge >= 0.3 is 0 Å². The summed E-state index contributed by atoms with van der Waals surface area (Å²) in [6.07, 6.45) is 3.10. The number of allylic oxidation sites excluding steroid dienone is 2. The lowest BCUT2D eigenvalue weighted by Gasteiger charge is -2.11. The molecule has 0 unspecified atom stereocenters. The summed E-state index contributed by atoms with van der Waals surface area (Å²) in [4.78, 5) is 3.89. The minimum atomic E-state index is 0.526. The van der Waals surface area contributed by atoms with E-state index in [1.807, 2.05) is 0 Å². The predicted octanol–water partition coefficient (Wildman–Crippen LogP) is 2.92. The largest absolute Gasteiger partial charge is 0.477 e. The topological polar surface area (TPSA) is 21.6 Å². The first-order valence-corrected chi connectivity index (χ1v) is 4.70. The van der Waals surface area contributed by atoms with Gasteiger partial charge in [-0.1, -0.05) is 19.9 Å². The molecule has 0 aromatic rings. The van der Waals surface area contributed by atoms with Gasteiger partial charge in [-0.2, -0.15) is 0 Å². The monoisotopic (exact) mass is 179 g/mol. The van der Waals surface area contributed by atoms with Crippen molar-refractivity contribution in [3.05, 3.63) is 23.1 Å². The smallest absolute Gasteiger partial charge is 0.216 e. The van der Waals surface area contributed by atoms with E-state index in [9.17, 15) is 0 Å². The first-order chi connectivity index (χ1) is 6.20. The molecule has 0 bridgehead atoms. The second kappa shape index (κ2) is 4.26. The number of rotatable bonds is 3. The van der Waals surface area contributed by atoms with Crippen molar-refractivity contribution in [2.24, 2.45) is 10.9 Å². The Hall–Kier alpha value is -1.05. The molecule has 13 heavy (non-hydrogen) atoms. The lowest BCUT2D eigenvalue weighted by atomic mass is 9.94. The van der Waals surface area contributed by atoms with Crippen molar-refractivity contribution < 1.29 is 4.74 Å². The lowest BCUT2D eigenvalue weighted by molar-refractivity contribution is 0.243. The Morgan fingerprint density at radius 2 is 2.31 bits per heavy atom. The van der Waals surface area contributed by atoms with Crippen LogP contribution in [-0.2, 0) is 4.74 Å². The van der Waals surface area contributed by atoms with Crippen LogP contribution in [0.25, 0.3) is 0 Å². The fourth-order valence-corrected chi connectivity index (χ4v) is 1.71. The van der Waals surface area contributed by atoms with Gasteiger partial charge in [0.25, 0.3) is 0 Å². The third-order valence-corrected chi connectivity index (χ3v) is 2.27. The first-order valence-electron chi connectivity index (χ1n) is 4.70. The van der Waals surface area contributed by atoms with Crippen LogP contribution in [0, 0.1) is 5.92 Å². The van der Waals surface area contributed by atoms with Gasteiger partial charge in [0, 0.05) is 12.0 Å². The van der Waals surface area contributed by atoms with Crippen molar-refractivity contribution in [2.45, 2.75) is 27.2 Å². The van der Waals surface area contributed by atoms with Gasteiger partial charge in [0.1, 0.15) is 0 Å². The predicted molar refractivity (Wildman–Crippen MR) is 55.7 cm³/mol. The van der Waals surface area contributed by atoms with E-state index < -0.39 is 0 Å². The maximum atomic E-state index is 5.36. The third kappa shape index (κ3) is 2.00. The van der Waals surface area contributed by atoms with Gasteiger partial charge < -0.3 is 4.74 Å². The van der Waals surface area contributed by atoms with Crippen molar-refractivity contribution in [1.82, 2.24) is 0 Å². The molecule has 0 amide bonds. The lowest BCUT2D eigenvalue weighted by Crippen LogP contribution is -1.97. The zero-order valence-electron chi connectivity index (χ0n) is 8.63. The van der Waals surface area contributed by atoms with E-state index in [4.69, 9.17) is 4.74 Å². The van der Waals surface area contributed by atoms with Gasteiger partial charge in [-0.15, -0.1) is 0 Å². The molecule has 0 aromatic heterocycles. The SMILES string of the molecule is C=NC1=C(/C(=C\C)C(C)C)CCO1. The second-order valence-corrected chi connectivity index (χ2v) is 3.44. The van der Waals surface area contributed by atoms with E-state index in [0.29, 0.717) is 5.92 Å². The van der Waals surface area contributed by atoms with Crippen LogP contribution < -0.4 is 0 Å². The van der Waals surface area contributed by atoms with E-state index >= 15 is 0 Å². The zero-order valence-corrected chi connectivity index (χ0v) is 8.63. The summed E-state index contributed by atoms with van der Waals surface area (Å²) in [5, 5.41) is 0. The molecule has 0 saturated carbocycles. The summed E-state index contributed by atoms with van der Waals surface area (Å²) in [6, 6.07) is 0. The van der Waals surface area contributed by atoms with Crippen molar-refractivity contribution in [3.63, 3.8) is 0 Å². The van der Waals surface area contributed by atoms with Crippen LogP contribution in [-0.4, -0.2) is 13.3 Å². The second-order valence-electron chi connectivity index (χ2n) is 3.44. The van der Waals surface area contributed by atoms with E-state index in [2.05, 4.69) is 38.6 Å². The van der Waals surface area contributed by atoms with Crippen LogP contribution >= 0.6 is 0 Å². The first kappa shape index (κ1) is 10.0. The van der Waals surface area contributed by atoms with Crippen LogP contribution in [0.3, 0.4) is 0 Å². The van der Waals surface area contributed by atoms with Crippen LogP contribution in [0.1, 0.15) is 27.2 Å². The molecule has 1 aliphatic rings. The molecule has 0 fully saturated rings. The van der Waals surface area contributed by atoms with Crippen LogP contribution in [0.15, 0.2) is 28.1 Å². The summed E-state index contributed by atoms with van der Waals surface area (Å²) in [5.41, 5.74) is 2.56. The number of hydrogen-bond donors (Lipinski definition) is 0. The molecule has 2 nitrogen and oxygen atoms in total. The molecule has 1 rings (SSSR count).